The number of benzene rings is 2. The minimum absolute atomic E-state index is 0.0966. The van der Waals surface area contributed by atoms with Crippen LogP contribution < -0.4 is 5.32 Å². The zero-order valence-corrected chi connectivity index (χ0v) is 11.1. The van der Waals surface area contributed by atoms with E-state index < -0.39 is 17.6 Å². The molecule has 0 heterocycles. The summed E-state index contributed by atoms with van der Waals surface area (Å²) in [7, 11) is 0. The van der Waals surface area contributed by atoms with Gasteiger partial charge in [0, 0.05) is 5.02 Å². The summed E-state index contributed by atoms with van der Waals surface area (Å²) in [5.41, 5.74) is -1.10. The average molecular weight is 315 g/mol. The lowest BCUT2D eigenvalue weighted by Gasteiger charge is -2.12. The van der Waals surface area contributed by atoms with Crippen LogP contribution >= 0.6 is 11.6 Å². The third-order valence-electron chi connectivity index (χ3n) is 2.67. The Balaban J connectivity index is 2.43. The van der Waals surface area contributed by atoms with Crippen molar-refractivity contribution in [2.24, 2.45) is 0 Å². The van der Waals surface area contributed by atoms with Crippen LogP contribution in [-0.4, -0.2) is 0 Å². The maximum absolute atomic E-state index is 13.6. The van der Waals surface area contributed by atoms with E-state index in [0.29, 0.717) is 23.2 Å². The van der Waals surface area contributed by atoms with Crippen molar-refractivity contribution in [3.63, 3.8) is 0 Å². The second-order valence-corrected chi connectivity index (χ2v) is 4.56. The topological polar surface area (TPSA) is 35.8 Å². The Labute approximate surface area is 122 Å². The first kappa shape index (κ1) is 15.1. The van der Waals surface area contributed by atoms with Gasteiger partial charge in [0.05, 0.1) is 22.5 Å². The van der Waals surface area contributed by atoms with Crippen LogP contribution in [0.4, 0.5) is 28.9 Å². The summed E-state index contributed by atoms with van der Waals surface area (Å²) in [5.74, 6) is -0.859. The van der Waals surface area contributed by atoms with Gasteiger partial charge in [-0.3, -0.25) is 0 Å². The Morgan fingerprint density at radius 2 is 1.76 bits per heavy atom. The van der Waals surface area contributed by atoms with Crippen molar-refractivity contribution in [1.29, 1.82) is 5.26 Å². The molecule has 1 N–H and O–H groups in total. The predicted molar refractivity (Wildman–Crippen MR) is 70.9 cm³/mol. The summed E-state index contributed by atoms with van der Waals surface area (Å²) in [6.45, 7) is 0. The van der Waals surface area contributed by atoms with Crippen molar-refractivity contribution in [2.75, 3.05) is 5.32 Å². The van der Waals surface area contributed by atoms with Gasteiger partial charge in [-0.05, 0) is 36.4 Å². The molecular formula is C14H7ClF4N2. The summed E-state index contributed by atoms with van der Waals surface area (Å²) >= 11 is 5.71. The molecule has 0 aliphatic rings. The van der Waals surface area contributed by atoms with Crippen LogP contribution in [0.25, 0.3) is 0 Å². The first-order chi connectivity index (χ1) is 9.81. The molecule has 0 unspecified atom stereocenters. The van der Waals surface area contributed by atoms with Gasteiger partial charge < -0.3 is 5.32 Å². The first-order valence-corrected chi connectivity index (χ1v) is 6.02. The zero-order chi connectivity index (χ0) is 15.6. The Morgan fingerprint density at radius 1 is 1.05 bits per heavy atom. The van der Waals surface area contributed by atoms with Gasteiger partial charge in [-0.2, -0.15) is 18.4 Å². The SMILES string of the molecule is N#Cc1cc(Cl)ccc1Nc1cc(C(F)(F)F)ccc1F. The quantitative estimate of drug-likeness (QED) is 0.782. The van der Waals surface area contributed by atoms with Gasteiger partial charge in [-0.15, -0.1) is 0 Å². The van der Waals surface area contributed by atoms with Gasteiger partial charge in [0.1, 0.15) is 11.9 Å². The molecule has 2 aromatic carbocycles. The number of alkyl halides is 3. The van der Waals surface area contributed by atoms with Gasteiger partial charge in [0.25, 0.3) is 0 Å². The number of nitrogens with zero attached hydrogens (tertiary/aromatic N) is 1. The van der Waals surface area contributed by atoms with E-state index in [1.54, 1.807) is 0 Å². The third kappa shape index (κ3) is 3.44. The largest absolute Gasteiger partial charge is 0.416 e. The van der Waals surface area contributed by atoms with Crippen molar-refractivity contribution >= 4 is 23.0 Å². The van der Waals surface area contributed by atoms with Crippen LogP contribution in [-0.2, 0) is 6.18 Å². The molecule has 0 fully saturated rings. The van der Waals surface area contributed by atoms with Crippen LogP contribution in [0.1, 0.15) is 11.1 Å². The van der Waals surface area contributed by atoms with E-state index >= 15 is 0 Å². The van der Waals surface area contributed by atoms with Crippen LogP contribution in [0.5, 0.6) is 0 Å². The van der Waals surface area contributed by atoms with Gasteiger partial charge >= 0.3 is 6.18 Å². The Bertz CT molecular complexity index is 720. The molecule has 108 valence electrons. The third-order valence-corrected chi connectivity index (χ3v) is 2.90. The highest BCUT2D eigenvalue weighted by Crippen LogP contribution is 2.33. The van der Waals surface area contributed by atoms with Crippen molar-refractivity contribution in [3.05, 3.63) is 58.4 Å². The maximum atomic E-state index is 13.6. The molecule has 0 bridgehead atoms. The summed E-state index contributed by atoms with van der Waals surface area (Å²) in [5, 5.41) is 11.7. The fraction of sp³-hybridized carbons (Fsp3) is 0.0714. The number of nitriles is 1. The summed E-state index contributed by atoms with van der Waals surface area (Å²) in [6, 6.07) is 7.99. The molecule has 0 saturated carbocycles. The second-order valence-electron chi connectivity index (χ2n) is 4.12. The molecule has 7 heteroatoms. The van der Waals surface area contributed by atoms with E-state index in [2.05, 4.69) is 5.32 Å². The predicted octanol–water partition coefficient (Wildman–Crippen LogP) is 5.11. The molecule has 0 aliphatic heterocycles. The normalized spacial score (nSPS) is 11.0. The van der Waals surface area contributed by atoms with E-state index in [1.807, 2.05) is 6.07 Å². The molecule has 0 saturated heterocycles. The average Bonchev–Trinajstić information content (AvgIpc) is 2.41. The number of rotatable bonds is 2. The number of anilines is 2. The molecule has 0 atom stereocenters. The van der Waals surface area contributed by atoms with Gasteiger partial charge in [-0.25, -0.2) is 4.39 Å². The van der Waals surface area contributed by atoms with Gasteiger partial charge in [0.15, 0.2) is 0 Å². The lowest BCUT2D eigenvalue weighted by atomic mass is 10.1. The standard InChI is InChI=1S/C14H7ClF4N2/c15-10-2-4-12(8(5-10)7-20)21-13-6-9(14(17,18)19)1-3-11(13)16/h1-6,21H. The van der Waals surface area contributed by atoms with Crippen molar-refractivity contribution in [2.45, 2.75) is 6.18 Å². The highest BCUT2D eigenvalue weighted by molar-refractivity contribution is 6.30. The number of halogens is 5. The Kier molecular flexibility index (Phi) is 4.05. The molecule has 21 heavy (non-hydrogen) atoms. The van der Waals surface area contributed by atoms with Crippen LogP contribution in [0.15, 0.2) is 36.4 Å². The van der Waals surface area contributed by atoms with Crippen molar-refractivity contribution < 1.29 is 17.6 Å². The van der Waals surface area contributed by atoms with E-state index in [-0.39, 0.29) is 16.9 Å². The van der Waals surface area contributed by atoms with E-state index in [9.17, 15) is 17.6 Å². The fourth-order valence-corrected chi connectivity index (χ4v) is 1.83. The van der Waals surface area contributed by atoms with Crippen LogP contribution in [0, 0.1) is 17.1 Å². The Morgan fingerprint density at radius 3 is 2.38 bits per heavy atom. The number of hydrogen-bond donors (Lipinski definition) is 1. The van der Waals surface area contributed by atoms with E-state index in [4.69, 9.17) is 16.9 Å². The molecule has 0 aliphatic carbocycles. The number of nitrogens with one attached hydrogen (secondary N) is 1. The Hall–Kier alpha value is -2.26. The minimum atomic E-state index is -4.58. The van der Waals surface area contributed by atoms with Crippen LogP contribution in [0.3, 0.4) is 0 Å². The molecule has 2 nitrogen and oxygen atoms in total. The number of hydrogen-bond acceptors (Lipinski definition) is 2. The molecule has 2 rings (SSSR count). The van der Waals surface area contributed by atoms with Crippen LogP contribution in [0.2, 0.25) is 5.02 Å². The van der Waals surface area contributed by atoms with E-state index in [1.165, 1.54) is 18.2 Å². The smallest absolute Gasteiger partial charge is 0.352 e. The summed E-state index contributed by atoms with van der Waals surface area (Å²) < 4.78 is 51.5. The van der Waals surface area contributed by atoms with Gasteiger partial charge in [0.2, 0.25) is 0 Å². The molecule has 0 amide bonds. The first-order valence-electron chi connectivity index (χ1n) is 5.64. The lowest BCUT2D eigenvalue weighted by Crippen LogP contribution is -2.06. The van der Waals surface area contributed by atoms with Crippen molar-refractivity contribution in [3.8, 4) is 6.07 Å². The molecule has 0 aromatic heterocycles. The highest BCUT2D eigenvalue weighted by Gasteiger charge is 2.31. The van der Waals surface area contributed by atoms with E-state index in [0.717, 1.165) is 0 Å². The van der Waals surface area contributed by atoms with Crippen molar-refractivity contribution in [1.82, 2.24) is 0 Å². The molecular weight excluding hydrogens is 308 g/mol. The summed E-state index contributed by atoms with van der Waals surface area (Å²) in [4.78, 5) is 0. The fourth-order valence-electron chi connectivity index (χ4n) is 1.66. The zero-order valence-electron chi connectivity index (χ0n) is 10.3. The molecule has 2 aromatic rings. The molecule has 0 radical (unpaired) electrons. The minimum Gasteiger partial charge on any atom is -0.352 e. The lowest BCUT2D eigenvalue weighted by molar-refractivity contribution is -0.137. The highest BCUT2D eigenvalue weighted by atomic mass is 35.5. The second kappa shape index (κ2) is 5.62. The maximum Gasteiger partial charge on any atom is 0.416 e. The monoisotopic (exact) mass is 314 g/mol. The van der Waals surface area contributed by atoms with Gasteiger partial charge in [-0.1, -0.05) is 11.6 Å². The summed E-state index contributed by atoms with van der Waals surface area (Å²) in [6.07, 6.45) is -4.58. The molecule has 0 spiro atoms.